The highest BCUT2D eigenvalue weighted by Gasteiger charge is 2.31. The van der Waals surface area contributed by atoms with Gasteiger partial charge in [0.05, 0.1) is 5.60 Å². The first-order valence-corrected chi connectivity index (χ1v) is 8.38. The molecule has 1 aliphatic heterocycles. The van der Waals surface area contributed by atoms with Crippen LogP contribution in [-0.2, 0) is 15.5 Å². The molecule has 1 aliphatic rings. The summed E-state index contributed by atoms with van der Waals surface area (Å²) in [7, 11) is -0.674. The third-order valence-corrected chi connectivity index (χ3v) is 4.51. The van der Waals surface area contributed by atoms with E-state index in [1.807, 2.05) is 0 Å². The van der Waals surface area contributed by atoms with Gasteiger partial charge in [-0.2, -0.15) is 0 Å². The van der Waals surface area contributed by atoms with Crippen LogP contribution in [-0.4, -0.2) is 40.5 Å². The topological polar surface area (TPSA) is 38.3 Å². The number of nitrogens with one attached hydrogen (secondary N) is 1. The first-order chi connectivity index (χ1) is 7.95. The molecule has 0 spiro atoms. The van der Waals surface area contributed by atoms with Crippen molar-refractivity contribution in [2.75, 3.05) is 18.6 Å². The molecule has 0 aromatic rings. The average Bonchev–Trinajstić information content (AvgIpc) is 2.26. The lowest BCUT2D eigenvalue weighted by Crippen LogP contribution is -2.47. The number of hydrogen-bond donors (Lipinski definition) is 1. The van der Waals surface area contributed by atoms with Gasteiger partial charge in [-0.05, 0) is 39.5 Å². The summed E-state index contributed by atoms with van der Waals surface area (Å²) in [6.45, 7) is 7.43. The van der Waals surface area contributed by atoms with Crippen LogP contribution in [0.15, 0.2) is 0 Å². The summed E-state index contributed by atoms with van der Waals surface area (Å²) in [5, 5.41) is 3.65. The van der Waals surface area contributed by atoms with Crippen molar-refractivity contribution < 1.29 is 8.95 Å². The average molecular weight is 261 g/mol. The third kappa shape index (κ3) is 5.49. The summed E-state index contributed by atoms with van der Waals surface area (Å²) < 4.78 is 16.9. The van der Waals surface area contributed by atoms with Gasteiger partial charge in [0.1, 0.15) is 0 Å². The number of hydrogen-bond acceptors (Lipinski definition) is 3. The van der Waals surface area contributed by atoms with Crippen LogP contribution in [0.25, 0.3) is 0 Å². The van der Waals surface area contributed by atoms with E-state index < -0.39 is 10.8 Å². The van der Waals surface area contributed by atoms with Crippen LogP contribution in [0.2, 0.25) is 0 Å². The maximum atomic E-state index is 11.1. The second-order valence-corrected chi connectivity index (χ2v) is 7.03. The van der Waals surface area contributed by atoms with Crippen molar-refractivity contribution >= 4 is 10.8 Å². The van der Waals surface area contributed by atoms with Gasteiger partial charge in [-0.15, -0.1) is 0 Å². The van der Waals surface area contributed by atoms with Gasteiger partial charge in [-0.25, -0.2) is 0 Å². The molecule has 1 fully saturated rings. The fraction of sp³-hybridized carbons (Fsp3) is 1.00. The van der Waals surface area contributed by atoms with Crippen LogP contribution in [0.4, 0.5) is 0 Å². The van der Waals surface area contributed by atoms with Crippen molar-refractivity contribution in [3.63, 3.8) is 0 Å². The Labute approximate surface area is 108 Å². The molecular formula is C13H27NO2S. The van der Waals surface area contributed by atoms with E-state index in [0.717, 1.165) is 38.0 Å². The number of ether oxygens (including phenoxy) is 1. The van der Waals surface area contributed by atoms with E-state index in [0.29, 0.717) is 12.1 Å². The van der Waals surface area contributed by atoms with Crippen LogP contribution < -0.4 is 5.32 Å². The van der Waals surface area contributed by atoms with Crippen molar-refractivity contribution in [1.29, 1.82) is 0 Å². The SMILES string of the molecule is CCC1(C)CC(NC(C)CCS(C)=O)CCO1. The Kier molecular flexibility index (Phi) is 6.10. The minimum Gasteiger partial charge on any atom is -0.375 e. The summed E-state index contributed by atoms with van der Waals surface area (Å²) in [5.41, 5.74) is 0.0449. The van der Waals surface area contributed by atoms with E-state index in [9.17, 15) is 4.21 Å². The maximum absolute atomic E-state index is 11.1. The molecule has 0 aromatic carbocycles. The molecular weight excluding hydrogens is 234 g/mol. The molecule has 0 aromatic heterocycles. The molecule has 0 aliphatic carbocycles. The Bertz CT molecular complexity index is 260. The fourth-order valence-electron chi connectivity index (χ4n) is 2.35. The Morgan fingerprint density at radius 3 is 2.88 bits per heavy atom. The maximum Gasteiger partial charge on any atom is 0.0666 e. The Balaban J connectivity index is 2.33. The second-order valence-electron chi connectivity index (χ2n) is 5.48. The van der Waals surface area contributed by atoms with E-state index in [2.05, 4.69) is 26.1 Å². The second kappa shape index (κ2) is 6.86. The molecule has 0 radical (unpaired) electrons. The highest BCUT2D eigenvalue weighted by Crippen LogP contribution is 2.27. The van der Waals surface area contributed by atoms with Crippen LogP contribution in [0, 0.1) is 0 Å². The minimum atomic E-state index is -0.674. The van der Waals surface area contributed by atoms with Crippen molar-refractivity contribution in [2.24, 2.45) is 0 Å². The fourth-order valence-corrected chi connectivity index (χ4v) is 3.03. The number of rotatable bonds is 6. The van der Waals surface area contributed by atoms with E-state index in [1.54, 1.807) is 6.26 Å². The van der Waals surface area contributed by atoms with E-state index in [1.165, 1.54) is 0 Å². The van der Waals surface area contributed by atoms with Gasteiger partial charge in [0.25, 0.3) is 0 Å². The van der Waals surface area contributed by atoms with Gasteiger partial charge in [0, 0.05) is 41.5 Å². The summed E-state index contributed by atoms with van der Waals surface area (Å²) in [4.78, 5) is 0. The predicted molar refractivity (Wildman–Crippen MR) is 73.8 cm³/mol. The molecule has 0 bridgehead atoms. The molecule has 0 saturated carbocycles. The largest absolute Gasteiger partial charge is 0.375 e. The van der Waals surface area contributed by atoms with Crippen LogP contribution in [0.1, 0.15) is 46.5 Å². The smallest absolute Gasteiger partial charge is 0.0666 e. The standard InChI is InChI=1S/C13H27NO2S/c1-5-13(3)10-12(6-8-16-13)14-11(2)7-9-17(4)15/h11-12,14H,5-10H2,1-4H3. The van der Waals surface area contributed by atoms with Gasteiger partial charge in [-0.1, -0.05) is 6.92 Å². The van der Waals surface area contributed by atoms with Crippen molar-refractivity contribution in [2.45, 2.75) is 64.1 Å². The van der Waals surface area contributed by atoms with Gasteiger partial charge in [-0.3, -0.25) is 4.21 Å². The molecule has 1 N–H and O–H groups in total. The highest BCUT2D eigenvalue weighted by molar-refractivity contribution is 7.84. The van der Waals surface area contributed by atoms with E-state index in [4.69, 9.17) is 4.74 Å². The molecule has 1 heterocycles. The third-order valence-electron chi connectivity index (χ3n) is 3.70. The zero-order chi connectivity index (χ0) is 12.9. The molecule has 1 saturated heterocycles. The lowest BCUT2D eigenvalue weighted by Gasteiger charge is -2.39. The van der Waals surface area contributed by atoms with Crippen LogP contribution >= 0.6 is 0 Å². The lowest BCUT2D eigenvalue weighted by molar-refractivity contribution is -0.0789. The molecule has 4 unspecified atom stereocenters. The predicted octanol–water partition coefficient (Wildman–Crippen LogP) is 2.08. The summed E-state index contributed by atoms with van der Waals surface area (Å²) in [6, 6.07) is 0.997. The van der Waals surface area contributed by atoms with Crippen molar-refractivity contribution in [3.05, 3.63) is 0 Å². The summed E-state index contributed by atoms with van der Waals surface area (Å²) in [5.74, 6) is 0.794. The molecule has 102 valence electrons. The first kappa shape index (κ1) is 15.1. The molecule has 1 rings (SSSR count). The summed E-state index contributed by atoms with van der Waals surface area (Å²) >= 11 is 0. The normalized spacial score (nSPS) is 33.3. The van der Waals surface area contributed by atoms with E-state index >= 15 is 0 Å². The van der Waals surface area contributed by atoms with Gasteiger partial charge in [0.15, 0.2) is 0 Å². The van der Waals surface area contributed by atoms with Gasteiger partial charge in [0.2, 0.25) is 0 Å². The van der Waals surface area contributed by atoms with E-state index in [-0.39, 0.29) is 5.60 Å². The minimum absolute atomic E-state index is 0.0449. The summed E-state index contributed by atoms with van der Waals surface area (Å²) in [6.07, 6.45) is 6.01. The molecule has 0 amide bonds. The zero-order valence-electron chi connectivity index (χ0n) is 11.6. The Morgan fingerprint density at radius 2 is 2.29 bits per heavy atom. The molecule has 3 nitrogen and oxygen atoms in total. The zero-order valence-corrected chi connectivity index (χ0v) is 12.4. The highest BCUT2D eigenvalue weighted by atomic mass is 32.2. The van der Waals surface area contributed by atoms with Gasteiger partial charge < -0.3 is 10.1 Å². The molecule has 4 atom stereocenters. The lowest BCUT2D eigenvalue weighted by atomic mass is 9.89. The quantitative estimate of drug-likeness (QED) is 0.795. The van der Waals surface area contributed by atoms with Crippen LogP contribution in [0.3, 0.4) is 0 Å². The Morgan fingerprint density at radius 1 is 1.59 bits per heavy atom. The first-order valence-electron chi connectivity index (χ1n) is 6.65. The van der Waals surface area contributed by atoms with Gasteiger partial charge >= 0.3 is 0 Å². The van der Waals surface area contributed by atoms with Crippen molar-refractivity contribution in [3.8, 4) is 0 Å². The molecule has 17 heavy (non-hydrogen) atoms. The molecule has 4 heteroatoms. The monoisotopic (exact) mass is 261 g/mol. The van der Waals surface area contributed by atoms with Crippen LogP contribution in [0.5, 0.6) is 0 Å². The van der Waals surface area contributed by atoms with Crippen molar-refractivity contribution in [1.82, 2.24) is 5.32 Å². The Hall–Kier alpha value is 0.0700.